The highest BCUT2D eigenvalue weighted by molar-refractivity contribution is 5.98. The molecule has 1 aromatic rings. The molecule has 4 N–H and O–H groups in total. The molecule has 0 radical (unpaired) electrons. The molecule has 0 bridgehead atoms. The van der Waals surface area contributed by atoms with Crippen LogP contribution >= 0.6 is 0 Å². The average molecular weight is 278 g/mol. The normalized spacial score (nSPS) is 13.8. The summed E-state index contributed by atoms with van der Waals surface area (Å²) in [6, 6.07) is 1.45. The molecule has 7 heteroatoms. The Hall–Kier alpha value is -2.15. The fourth-order valence-electron chi connectivity index (χ4n) is 1.78. The summed E-state index contributed by atoms with van der Waals surface area (Å²) in [6.07, 6.45) is 3.89. The first-order valence-corrected chi connectivity index (χ1v) is 6.44. The highest BCUT2D eigenvalue weighted by Crippen LogP contribution is 2.27. The van der Waals surface area contributed by atoms with Gasteiger partial charge in [-0.05, 0) is 31.4 Å². The second-order valence-corrected chi connectivity index (χ2v) is 4.77. The van der Waals surface area contributed by atoms with Crippen molar-refractivity contribution in [3.63, 3.8) is 0 Å². The Morgan fingerprint density at radius 2 is 2.25 bits per heavy atom. The molecule has 0 atom stereocenters. The first-order valence-electron chi connectivity index (χ1n) is 6.44. The summed E-state index contributed by atoms with van der Waals surface area (Å²) in [5, 5.41) is 5.73. The molecule has 1 heterocycles. The predicted octanol–water partition coefficient (Wildman–Crippen LogP) is 0.127. The molecule has 1 saturated carbocycles. The first-order chi connectivity index (χ1) is 9.60. The van der Waals surface area contributed by atoms with Crippen molar-refractivity contribution in [2.24, 2.45) is 11.7 Å². The number of primary amides is 1. The molecule has 1 aliphatic carbocycles. The SMILES string of the molecule is COc1ncc(NC(=O)CNCC2CC2)cc1C(N)=O. The molecule has 0 saturated heterocycles. The van der Waals surface area contributed by atoms with E-state index in [9.17, 15) is 9.59 Å². The molecule has 1 aromatic heterocycles. The maximum atomic E-state index is 11.7. The Bertz CT molecular complexity index is 514. The molecular weight excluding hydrogens is 260 g/mol. The van der Waals surface area contributed by atoms with Crippen LogP contribution in [0, 0.1) is 5.92 Å². The van der Waals surface area contributed by atoms with Gasteiger partial charge in [-0.3, -0.25) is 9.59 Å². The summed E-state index contributed by atoms with van der Waals surface area (Å²) in [5.41, 5.74) is 5.78. The van der Waals surface area contributed by atoms with E-state index in [4.69, 9.17) is 10.5 Å². The van der Waals surface area contributed by atoms with Gasteiger partial charge in [0, 0.05) is 0 Å². The number of nitrogens with one attached hydrogen (secondary N) is 2. The van der Waals surface area contributed by atoms with Crippen molar-refractivity contribution < 1.29 is 14.3 Å². The number of hydrogen-bond donors (Lipinski definition) is 3. The van der Waals surface area contributed by atoms with Crippen molar-refractivity contribution in [2.75, 3.05) is 25.5 Å². The van der Waals surface area contributed by atoms with Gasteiger partial charge in [0.1, 0.15) is 5.56 Å². The lowest BCUT2D eigenvalue weighted by Gasteiger charge is -2.09. The minimum Gasteiger partial charge on any atom is -0.480 e. The number of rotatable bonds is 7. The zero-order valence-electron chi connectivity index (χ0n) is 11.3. The third kappa shape index (κ3) is 3.92. The smallest absolute Gasteiger partial charge is 0.254 e. The molecule has 1 fully saturated rings. The van der Waals surface area contributed by atoms with Gasteiger partial charge in [0.2, 0.25) is 11.8 Å². The van der Waals surface area contributed by atoms with Crippen LogP contribution in [-0.2, 0) is 4.79 Å². The number of aromatic nitrogens is 1. The zero-order chi connectivity index (χ0) is 14.5. The fraction of sp³-hybridized carbons (Fsp3) is 0.462. The summed E-state index contributed by atoms with van der Waals surface area (Å²) < 4.78 is 4.93. The van der Waals surface area contributed by atoms with Gasteiger partial charge in [0.25, 0.3) is 5.91 Å². The molecule has 7 nitrogen and oxygen atoms in total. The Morgan fingerprint density at radius 1 is 1.50 bits per heavy atom. The van der Waals surface area contributed by atoms with E-state index in [2.05, 4.69) is 15.6 Å². The van der Waals surface area contributed by atoms with E-state index >= 15 is 0 Å². The standard InChI is InChI=1S/C13H18N4O3/c1-20-13-10(12(14)19)4-9(6-16-13)17-11(18)7-15-5-8-2-3-8/h4,6,8,15H,2-3,5,7H2,1H3,(H2,14,19)(H,17,18). The summed E-state index contributed by atoms with van der Waals surface area (Å²) in [5.74, 6) is 0.0135. The van der Waals surface area contributed by atoms with Crippen LogP contribution in [0.1, 0.15) is 23.2 Å². The second kappa shape index (κ2) is 6.33. The fourth-order valence-corrected chi connectivity index (χ4v) is 1.78. The summed E-state index contributed by atoms with van der Waals surface area (Å²) >= 11 is 0. The average Bonchev–Trinajstić information content (AvgIpc) is 3.22. The van der Waals surface area contributed by atoms with Crippen LogP contribution in [0.2, 0.25) is 0 Å². The van der Waals surface area contributed by atoms with Crippen LogP contribution in [0.15, 0.2) is 12.3 Å². The molecular formula is C13H18N4O3. The van der Waals surface area contributed by atoms with E-state index in [0.717, 1.165) is 6.54 Å². The number of methoxy groups -OCH3 is 1. The van der Waals surface area contributed by atoms with Crippen LogP contribution < -0.4 is 21.1 Å². The molecule has 2 rings (SSSR count). The predicted molar refractivity (Wildman–Crippen MR) is 73.5 cm³/mol. The quantitative estimate of drug-likeness (QED) is 0.657. The maximum absolute atomic E-state index is 11.7. The topological polar surface area (TPSA) is 106 Å². The molecule has 1 aliphatic rings. The van der Waals surface area contributed by atoms with Gasteiger partial charge in [-0.15, -0.1) is 0 Å². The Morgan fingerprint density at radius 3 is 2.85 bits per heavy atom. The van der Waals surface area contributed by atoms with Gasteiger partial charge in [-0.25, -0.2) is 4.98 Å². The third-order valence-corrected chi connectivity index (χ3v) is 3.01. The third-order valence-electron chi connectivity index (χ3n) is 3.01. The van der Waals surface area contributed by atoms with Crippen molar-refractivity contribution in [2.45, 2.75) is 12.8 Å². The number of pyridine rings is 1. The van der Waals surface area contributed by atoms with Gasteiger partial charge in [-0.2, -0.15) is 0 Å². The van der Waals surface area contributed by atoms with Gasteiger partial charge in [0.15, 0.2) is 0 Å². The lowest BCUT2D eigenvalue weighted by Crippen LogP contribution is -2.29. The molecule has 0 aromatic carbocycles. The van der Waals surface area contributed by atoms with Gasteiger partial charge in [-0.1, -0.05) is 0 Å². The molecule has 108 valence electrons. The minimum atomic E-state index is -0.655. The molecule has 2 amide bonds. The van der Waals surface area contributed by atoms with E-state index < -0.39 is 5.91 Å². The Labute approximate surface area is 116 Å². The van der Waals surface area contributed by atoms with E-state index in [1.54, 1.807) is 0 Å². The van der Waals surface area contributed by atoms with Crippen molar-refractivity contribution in [3.05, 3.63) is 17.8 Å². The van der Waals surface area contributed by atoms with E-state index in [0.29, 0.717) is 11.6 Å². The maximum Gasteiger partial charge on any atom is 0.254 e. The summed E-state index contributed by atoms with van der Waals surface area (Å²) in [6.45, 7) is 1.09. The van der Waals surface area contributed by atoms with Crippen LogP contribution in [0.5, 0.6) is 5.88 Å². The molecule has 0 spiro atoms. The van der Waals surface area contributed by atoms with Crippen LogP contribution in [-0.4, -0.2) is 37.0 Å². The number of nitrogens with zero attached hydrogens (tertiary/aromatic N) is 1. The number of carbonyl (C=O) groups is 2. The van der Waals surface area contributed by atoms with Crippen molar-refractivity contribution in [3.8, 4) is 5.88 Å². The number of nitrogens with two attached hydrogens (primary N) is 1. The van der Waals surface area contributed by atoms with Crippen LogP contribution in [0.25, 0.3) is 0 Å². The largest absolute Gasteiger partial charge is 0.480 e. The van der Waals surface area contributed by atoms with Crippen LogP contribution in [0.4, 0.5) is 5.69 Å². The number of hydrogen-bond acceptors (Lipinski definition) is 5. The van der Waals surface area contributed by atoms with Gasteiger partial charge in [0.05, 0.1) is 25.5 Å². The van der Waals surface area contributed by atoms with Crippen molar-refractivity contribution in [1.29, 1.82) is 0 Å². The first kappa shape index (κ1) is 14.3. The van der Waals surface area contributed by atoms with Gasteiger partial charge < -0.3 is 21.1 Å². The zero-order valence-corrected chi connectivity index (χ0v) is 11.3. The Balaban J connectivity index is 1.92. The molecule has 0 aliphatic heterocycles. The second-order valence-electron chi connectivity index (χ2n) is 4.77. The Kier molecular flexibility index (Phi) is 4.52. The van der Waals surface area contributed by atoms with Crippen molar-refractivity contribution >= 4 is 17.5 Å². The minimum absolute atomic E-state index is 0.135. The van der Waals surface area contributed by atoms with Crippen LogP contribution in [0.3, 0.4) is 0 Å². The number of amides is 2. The monoisotopic (exact) mass is 278 g/mol. The van der Waals surface area contributed by atoms with E-state index in [1.807, 2.05) is 0 Å². The lowest BCUT2D eigenvalue weighted by atomic mass is 10.2. The number of carbonyl (C=O) groups excluding carboxylic acids is 2. The number of ether oxygens (including phenoxy) is 1. The summed E-state index contributed by atoms with van der Waals surface area (Å²) in [4.78, 5) is 26.9. The molecule has 20 heavy (non-hydrogen) atoms. The van der Waals surface area contributed by atoms with E-state index in [1.165, 1.54) is 32.2 Å². The lowest BCUT2D eigenvalue weighted by molar-refractivity contribution is -0.115. The highest BCUT2D eigenvalue weighted by Gasteiger charge is 2.20. The van der Waals surface area contributed by atoms with Crippen molar-refractivity contribution in [1.82, 2.24) is 10.3 Å². The highest BCUT2D eigenvalue weighted by atomic mass is 16.5. The number of anilines is 1. The molecule has 0 unspecified atom stereocenters. The summed E-state index contributed by atoms with van der Waals surface area (Å²) in [7, 11) is 1.40. The van der Waals surface area contributed by atoms with E-state index in [-0.39, 0.29) is 23.9 Å². The van der Waals surface area contributed by atoms with Gasteiger partial charge >= 0.3 is 0 Å².